The lowest BCUT2D eigenvalue weighted by atomic mass is 10.2. The van der Waals surface area contributed by atoms with Crippen molar-refractivity contribution in [3.05, 3.63) is 75.5 Å². The Balaban J connectivity index is 1.56. The minimum absolute atomic E-state index is 0.108. The number of hydrogen-bond donors (Lipinski definition) is 1. The minimum Gasteiger partial charge on any atom is -0.352 e. The largest absolute Gasteiger partial charge is 0.352 e. The van der Waals surface area contributed by atoms with Gasteiger partial charge in [0.1, 0.15) is 10.8 Å². The van der Waals surface area contributed by atoms with E-state index in [1.807, 2.05) is 23.6 Å². The van der Waals surface area contributed by atoms with Crippen LogP contribution in [0.15, 0.2) is 58.4 Å². The van der Waals surface area contributed by atoms with Gasteiger partial charge < -0.3 is 5.32 Å². The Labute approximate surface area is 151 Å². The highest BCUT2D eigenvalue weighted by Crippen LogP contribution is 2.24. The molecule has 0 saturated carbocycles. The Morgan fingerprint density at radius 1 is 1.21 bits per heavy atom. The van der Waals surface area contributed by atoms with Gasteiger partial charge in [-0.05, 0) is 36.4 Å². The van der Waals surface area contributed by atoms with Gasteiger partial charge in [0.2, 0.25) is 0 Å². The van der Waals surface area contributed by atoms with Crippen molar-refractivity contribution in [1.82, 2.24) is 10.3 Å². The first kappa shape index (κ1) is 16.8. The monoisotopic (exact) mass is 404 g/mol. The van der Waals surface area contributed by atoms with Gasteiger partial charge in [0, 0.05) is 33.9 Å². The van der Waals surface area contributed by atoms with Crippen molar-refractivity contribution in [3.63, 3.8) is 0 Å². The second-order valence-electron chi connectivity index (χ2n) is 5.17. The minimum atomic E-state index is -0.272. The summed E-state index contributed by atoms with van der Waals surface area (Å²) in [5, 5.41) is 5.59. The van der Waals surface area contributed by atoms with Crippen LogP contribution in [0.5, 0.6) is 0 Å². The van der Waals surface area contributed by atoms with Crippen molar-refractivity contribution in [1.29, 1.82) is 0 Å². The number of carbonyl (C=O) groups excluding carboxylic acids is 1. The quantitative estimate of drug-likeness (QED) is 0.670. The maximum absolute atomic E-state index is 13.3. The molecule has 0 aliphatic rings. The number of nitrogens with zero attached hydrogens (tertiary/aromatic N) is 1. The van der Waals surface area contributed by atoms with E-state index in [9.17, 15) is 9.18 Å². The molecule has 1 heterocycles. The number of carbonyl (C=O) groups is 1. The first-order valence-electron chi connectivity index (χ1n) is 7.36. The van der Waals surface area contributed by atoms with Crippen LogP contribution in [-0.2, 0) is 6.42 Å². The van der Waals surface area contributed by atoms with Gasteiger partial charge in [0.25, 0.3) is 5.91 Å². The van der Waals surface area contributed by atoms with Gasteiger partial charge in [-0.3, -0.25) is 4.79 Å². The van der Waals surface area contributed by atoms with Crippen molar-refractivity contribution in [2.24, 2.45) is 0 Å². The Morgan fingerprint density at radius 3 is 2.75 bits per heavy atom. The summed E-state index contributed by atoms with van der Waals surface area (Å²) < 4.78 is 14.2. The van der Waals surface area contributed by atoms with Gasteiger partial charge in [0.05, 0.1) is 5.69 Å². The summed E-state index contributed by atoms with van der Waals surface area (Å²) in [6.45, 7) is 0.501. The molecule has 1 amide bonds. The molecule has 0 bridgehead atoms. The van der Waals surface area contributed by atoms with Gasteiger partial charge in [-0.15, -0.1) is 11.3 Å². The number of amides is 1. The highest BCUT2D eigenvalue weighted by molar-refractivity contribution is 9.10. The van der Waals surface area contributed by atoms with E-state index in [1.165, 1.54) is 23.5 Å². The normalized spacial score (nSPS) is 10.6. The van der Waals surface area contributed by atoms with Gasteiger partial charge in [-0.25, -0.2) is 9.37 Å². The van der Waals surface area contributed by atoms with Gasteiger partial charge in [0.15, 0.2) is 0 Å². The second kappa shape index (κ2) is 7.68. The summed E-state index contributed by atoms with van der Waals surface area (Å²) in [4.78, 5) is 16.5. The fourth-order valence-corrected chi connectivity index (χ4v) is 3.30. The van der Waals surface area contributed by atoms with E-state index < -0.39 is 0 Å². The first-order chi connectivity index (χ1) is 11.6. The predicted molar refractivity (Wildman–Crippen MR) is 97.7 cm³/mol. The van der Waals surface area contributed by atoms with E-state index in [2.05, 4.69) is 26.2 Å². The maximum Gasteiger partial charge on any atom is 0.251 e. The molecule has 0 saturated heterocycles. The molecule has 0 fully saturated rings. The Hall–Kier alpha value is -2.05. The Morgan fingerprint density at radius 2 is 2.00 bits per heavy atom. The smallest absolute Gasteiger partial charge is 0.251 e. The molecule has 0 unspecified atom stereocenters. The third kappa shape index (κ3) is 4.27. The van der Waals surface area contributed by atoms with Crippen LogP contribution < -0.4 is 5.32 Å². The van der Waals surface area contributed by atoms with Crippen LogP contribution in [0.2, 0.25) is 0 Å². The lowest BCUT2D eigenvalue weighted by molar-refractivity contribution is 0.0954. The molecule has 0 aliphatic heterocycles. The lowest BCUT2D eigenvalue weighted by Gasteiger charge is -2.04. The molecule has 6 heteroatoms. The van der Waals surface area contributed by atoms with Crippen LogP contribution in [0, 0.1) is 5.82 Å². The fourth-order valence-electron chi connectivity index (χ4n) is 2.18. The van der Waals surface area contributed by atoms with Crippen LogP contribution in [0.4, 0.5) is 4.39 Å². The number of aromatic nitrogens is 1. The van der Waals surface area contributed by atoms with E-state index in [0.717, 1.165) is 20.7 Å². The molecule has 1 N–H and O–H groups in total. The SMILES string of the molecule is O=C(NCCc1csc(-c2cccc(F)c2)n1)c1ccc(Br)cc1. The topological polar surface area (TPSA) is 42.0 Å². The molecular weight excluding hydrogens is 391 g/mol. The summed E-state index contributed by atoms with van der Waals surface area (Å²) in [6.07, 6.45) is 0.633. The number of thiazole rings is 1. The van der Waals surface area contributed by atoms with Crippen molar-refractivity contribution in [2.75, 3.05) is 6.54 Å². The molecule has 0 spiro atoms. The Bertz CT molecular complexity index is 848. The average Bonchev–Trinajstić information content (AvgIpc) is 3.04. The lowest BCUT2D eigenvalue weighted by Crippen LogP contribution is -2.25. The molecule has 0 aliphatic carbocycles. The van der Waals surface area contributed by atoms with E-state index in [4.69, 9.17) is 0 Å². The summed E-state index contributed by atoms with van der Waals surface area (Å²) >= 11 is 4.81. The highest BCUT2D eigenvalue weighted by Gasteiger charge is 2.08. The molecule has 2 aromatic carbocycles. The van der Waals surface area contributed by atoms with Crippen molar-refractivity contribution in [2.45, 2.75) is 6.42 Å². The van der Waals surface area contributed by atoms with E-state index in [1.54, 1.807) is 18.2 Å². The average molecular weight is 405 g/mol. The zero-order valence-corrected chi connectivity index (χ0v) is 15.0. The molecule has 3 nitrogen and oxygen atoms in total. The van der Waals surface area contributed by atoms with E-state index in [0.29, 0.717) is 18.5 Å². The van der Waals surface area contributed by atoms with Crippen molar-refractivity contribution in [3.8, 4) is 10.6 Å². The standard InChI is InChI=1S/C18H14BrFN2OS/c19-14-6-4-12(5-7-14)17(23)21-9-8-16-11-24-18(22-16)13-2-1-3-15(20)10-13/h1-7,10-11H,8-9H2,(H,21,23). The summed E-state index contributed by atoms with van der Waals surface area (Å²) in [5.74, 6) is -0.380. The third-order valence-electron chi connectivity index (χ3n) is 3.40. The van der Waals surface area contributed by atoms with E-state index in [-0.39, 0.29) is 11.7 Å². The third-order valence-corrected chi connectivity index (χ3v) is 4.87. The number of hydrogen-bond acceptors (Lipinski definition) is 3. The molecule has 0 atom stereocenters. The van der Waals surface area contributed by atoms with Crippen LogP contribution >= 0.6 is 27.3 Å². The predicted octanol–water partition coefficient (Wildman–Crippen LogP) is 4.68. The summed E-state index contributed by atoms with van der Waals surface area (Å²) in [7, 11) is 0. The van der Waals surface area contributed by atoms with Crippen LogP contribution in [0.1, 0.15) is 16.1 Å². The maximum atomic E-state index is 13.3. The number of benzene rings is 2. The molecule has 1 aromatic heterocycles. The zero-order chi connectivity index (χ0) is 16.9. The van der Waals surface area contributed by atoms with Crippen molar-refractivity contribution < 1.29 is 9.18 Å². The van der Waals surface area contributed by atoms with Gasteiger partial charge in [-0.2, -0.15) is 0 Å². The van der Waals surface area contributed by atoms with Gasteiger partial charge in [-0.1, -0.05) is 28.1 Å². The van der Waals surface area contributed by atoms with Crippen LogP contribution in [0.3, 0.4) is 0 Å². The molecule has 3 rings (SSSR count). The Kier molecular flexibility index (Phi) is 5.37. The summed E-state index contributed by atoms with van der Waals surface area (Å²) in [5.41, 5.74) is 2.28. The molecule has 24 heavy (non-hydrogen) atoms. The number of rotatable bonds is 5. The fraction of sp³-hybridized carbons (Fsp3) is 0.111. The zero-order valence-electron chi connectivity index (χ0n) is 12.6. The van der Waals surface area contributed by atoms with Crippen LogP contribution in [-0.4, -0.2) is 17.4 Å². The number of halogens is 2. The number of nitrogens with one attached hydrogen (secondary N) is 1. The molecule has 122 valence electrons. The molecule has 3 aromatic rings. The summed E-state index contributed by atoms with van der Waals surface area (Å²) in [6, 6.07) is 13.6. The van der Waals surface area contributed by atoms with E-state index >= 15 is 0 Å². The van der Waals surface area contributed by atoms with Gasteiger partial charge >= 0.3 is 0 Å². The first-order valence-corrected chi connectivity index (χ1v) is 9.03. The highest BCUT2D eigenvalue weighted by atomic mass is 79.9. The molecular formula is C18H14BrFN2OS. The second-order valence-corrected chi connectivity index (χ2v) is 6.94. The van der Waals surface area contributed by atoms with Crippen LogP contribution in [0.25, 0.3) is 10.6 Å². The van der Waals surface area contributed by atoms with Crippen molar-refractivity contribution >= 4 is 33.2 Å². The molecule has 0 radical (unpaired) electrons.